The third-order valence-corrected chi connectivity index (χ3v) is 6.14. The van der Waals surface area contributed by atoms with Crippen molar-refractivity contribution >= 4 is 23.3 Å². The summed E-state index contributed by atoms with van der Waals surface area (Å²) < 4.78 is 5.02. The smallest absolute Gasteiger partial charge is 0.248 e. The molecule has 0 bridgehead atoms. The quantitative estimate of drug-likeness (QED) is 0.523. The van der Waals surface area contributed by atoms with E-state index in [4.69, 9.17) is 26.3 Å². The molecule has 0 saturated carbocycles. The van der Waals surface area contributed by atoms with E-state index in [-0.39, 0.29) is 12.5 Å². The number of aromatic nitrogens is 2. The van der Waals surface area contributed by atoms with Gasteiger partial charge in [0.15, 0.2) is 5.82 Å². The van der Waals surface area contributed by atoms with Crippen molar-refractivity contribution < 1.29 is 9.53 Å². The van der Waals surface area contributed by atoms with Crippen LogP contribution in [0.2, 0.25) is 5.02 Å². The third kappa shape index (κ3) is 5.52. The van der Waals surface area contributed by atoms with Crippen molar-refractivity contribution in [1.29, 1.82) is 0 Å². The maximum absolute atomic E-state index is 12.3. The minimum Gasteiger partial charge on any atom is -0.375 e. The number of aryl methyl sites for hydroxylation is 1. The van der Waals surface area contributed by atoms with Crippen LogP contribution in [0.4, 0.5) is 5.82 Å². The highest BCUT2D eigenvalue weighted by Gasteiger charge is 2.25. The van der Waals surface area contributed by atoms with Crippen molar-refractivity contribution in [2.24, 2.45) is 0 Å². The van der Waals surface area contributed by atoms with E-state index in [0.717, 1.165) is 45.5 Å². The van der Waals surface area contributed by atoms with Gasteiger partial charge in [0.25, 0.3) is 0 Å². The monoisotopic (exact) mass is 464 g/mol. The summed E-state index contributed by atoms with van der Waals surface area (Å²) >= 11 is 6.26. The fourth-order valence-electron chi connectivity index (χ4n) is 4.20. The fraction of sp³-hybridized carbons (Fsp3) is 0.346. The van der Waals surface area contributed by atoms with Gasteiger partial charge in [0.1, 0.15) is 12.4 Å². The molecule has 1 amide bonds. The van der Waals surface area contributed by atoms with Gasteiger partial charge in [-0.15, -0.1) is 0 Å². The first-order chi connectivity index (χ1) is 16.1. The lowest BCUT2D eigenvalue weighted by atomic mass is 10.0. The Morgan fingerprint density at radius 1 is 1.03 bits per heavy atom. The van der Waals surface area contributed by atoms with Crippen LogP contribution in [-0.4, -0.2) is 60.7 Å². The molecular formula is C26H29ClN4O2. The SMILES string of the molecule is CCc1nc(-c2ccccc2)nc(N2CCN(C(=O)COC)CC2)c1Cc1cccc(Cl)c1. The number of hydrogen-bond donors (Lipinski definition) is 0. The van der Waals surface area contributed by atoms with E-state index in [2.05, 4.69) is 17.9 Å². The number of anilines is 1. The van der Waals surface area contributed by atoms with Crippen LogP contribution >= 0.6 is 11.6 Å². The molecule has 0 spiro atoms. The fourth-order valence-corrected chi connectivity index (χ4v) is 4.41. The van der Waals surface area contributed by atoms with E-state index >= 15 is 0 Å². The molecule has 33 heavy (non-hydrogen) atoms. The lowest BCUT2D eigenvalue weighted by Crippen LogP contribution is -2.50. The van der Waals surface area contributed by atoms with Crippen molar-refractivity contribution in [3.05, 3.63) is 76.4 Å². The first kappa shape index (κ1) is 23.2. The van der Waals surface area contributed by atoms with Crippen molar-refractivity contribution in [2.45, 2.75) is 19.8 Å². The van der Waals surface area contributed by atoms with Crippen LogP contribution in [0.15, 0.2) is 54.6 Å². The second kappa shape index (κ2) is 10.8. The number of hydrogen-bond acceptors (Lipinski definition) is 5. The molecule has 3 aromatic rings. The van der Waals surface area contributed by atoms with E-state index in [1.165, 1.54) is 0 Å². The van der Waals surface area contributed by atoms with Crippen LogP contribution in [0, 0.1) is 0 Å². The second-order valence-corrected chi connectivity index (χ2v) is 8.56. The molecular weight excluding hydrogens is 436 g/mol. The van der Waals surface area contributed by atoms with Crippen LogP contribution in [0.5, 0.6) is 0 Å². The third-order valence-electron chi connectivity index (χ3n) is 5.91. The second-order valence-electron chi connectivity index (χ2n) is 8.12. The largest absolute Gasteiger partial charge is 0.375 e. The number of piperazine rings is 1. The summed E-state index contributed by atoms with van der Waals surface area (Å²) in [5, 5.41) is 0.721. The average molecular weight is 465 g/mol. The van der Waals surface area contributed by atoms with Gasteiger partial charge in [-0.25, -0.2) is 9.97 Å². The van der Waals surface area contributed by atoms with Gasteiger partial charge in [0, 0.05) is 61.6 Å². The minimum absolute atomic E-state index is 0.0261. The standard InChI is InChI=1S/C26H29ClN4O2/c1-3-23-22(17-19-8-7-11-21(27)16-19)26(29-25(28-23)20-9-5-4-6-10-20)31-14-12-30(13-15-31)24(32)18-33-2/h4-11,16H,3,12-15,17-18H2,1-2H3. The number of methoxy groups -OCH3 is 1. The van der Waals surface area contributed by atoms with Crippen molar-refractivity contribution in [1.82, 2.24) is 14.9 Å². The zero-order chi connectivity index (χ0) is 23.2. The van der Waals surface area contributed by atoms with Gasteiger partial charge in [-0.3, -0.25) is 4.79 Å². The molecule has 4 rings (SSSR count). The molecule has 1 aromatic heterocycles. The van der Waals surface area contributed by atoms with Crippen LogP contribution in [-0.2, 0) is 22.4 Å². The number of benzene rings is 2. The molecule has 1 saturated heterocycles. The minimum atomic E-state index is 0.0261. The molecule has 0 atom stereocenters. The summed E-state index contributed by atoms with van der Waals surface area (Å²) in [5.74, 6) is 1.70. The molecule has 2 heterocycles. The van der Waals surface area contributed by atoms with Gasteiger partial charge in [-0.2, -0.15) is 0 Å². The van der Waals surface area contributed by atoms with E-state index in [9.17, 15) is 4.79 Å². The molecule has 6 nitrogen and oxygen atoms in total. The lowest BCUT2D eigenvalue weighted by Gasteiger charge is -2.36. The Hall–Kier alpha value is -2.96. The Bertz CT molecular complexity index is 1100. The number of carbonyl (C=O) groups excluding carboxylic acids is 1. The summed E-state index contributed by atoms with van der Waals surface area (Å²) in [7, 11) is 1.55. The van der Waals surface area contributed by atoms with Crippen molar-refractivity contribution in [3.8, 4) is 11.4 Å². The number of ether oxygens (including phenoxy) is 1. The molecule has 0 N–H and O–H groups in total. The maximum atomic E-state index is 12.3. The van der Waals surface area contributed by atoms with Gasteiger partial charge in [0.2, 0.25) is 5.91 Å². The van der Waals surface area contributed by atoms with Crippen molar-refractivity contribution in [2.75, 3.05) is 44.8 Å². The summed E-state index contributed by atoms with van der Waals surface area (Å²) in [6.07, 6.45) is 1.51. The maximum Gasteiger partial charge on any atom is 0.248 e. The van der Waals surface area contributed by atoms with Gasteiger partial charge in [-0.1, -0.05) is 61.0 Å². The molecule has 1 fully saturated rings. The van der Waals surface area contributed by atoms with Crippen LogP contribution in [0.25, 0.3) is 11.4 Å². The zero-order valence-electron chi connectivity index (χ0n) is 19.1. The Balaban J connectivity index is 1.71. The lowest BCUT2D eigenvalue weighted by molar-refractivity contribution is -0.135. The molecule has 0 unspecified atom stereocenters. The summed E-state index contributed by atoms with van der Waals surface area (Å²) in [6.45, 7) is 4.96. The summed E-state index contributed by atoms with van der Waals surface area (Å²) in [4.78, 5) is 26.4. The normalized spacial score (nSPS) is 13.9. The van der Waals surface area contributed by atoms with E-state index in [1.807, 2.05) is 53.4 Å². The number of carbonyl (C=O) groups is 1. The topological polar surface area (TPSA) is 58.6 Å². The molecule has 7 heteroatoms. The highest BCUT2D eigenvalue weighted by molar-refractivity contribution is 6.30. The highest BCUT2D eigenvalue weighted by atomic mass is 35.5. The number of rotatable bonds is 7. The van der Waals surface area contributed by atoms with Gasteiger partial charge in [0.05, 0.1) is 0 Å². The van der Waals surface area contributed by atoms with Crippen LogP contribution < -0.4 is 4.90 Å². The number of halogens is 1. The van der Waals surface area contributed by atoms with E-state index < -0.39 is 0 Å². The van der Waals surface area contributed by atoms with E-state index in [1.54, 1.807) is 7.11 Å². The Morgan fingerprint density at radius 3 is 2.45 bits per heavy atom. The molecule has 1 aliphatic rings. The van der Waals surface area contributed by atoms with Gasteiger partial charge < -0.3 is 14.5 Å². The van der Waals surface area contributed by atoms with Crippen LogP contribution in [0.1, 0.15) is 23.7 Å². The molecule has 172 valence electrons. The Morgan fingerprint density at radius 2 is 1.79 bits per heavy atom. The molecule has 2 aromatic carbocycles. The van der Waals surface area contributed by atoms with Gasteiger partial charge in [-0.05, 0) is 24.1 Å². The summed E-state index contributed by atoms with van der Waals surface area (Å²) in [6, 6.07) is 18.0. The zero-order valence-corrected chi connectivity index (χ0v) is 19.9. The number of nitrogens with zero attached hydrogens (tertiary/aromatic N) is 4. The molecule has 0 radical (unpaired) electrons. The highest BCUT2D eigenvalue weighted by Crippen LogP contribution is 2.29. The molecule has 1 aliphatic heterocycles. The Kier molecular flexibility index (Phi) is 7.57. The van der Waals surface area contributed by atoms with Gasteiger partial charge >= 0.3 is 0 Å². The van der Waals surface area contributed by atoms with Crippen LogP contribution in [0.3, 0.4) is 0 Å². The summed E-state index contributed by atoms with van der Waals surface area (Å²) in [5.41, 5.74) is 4.29. The average Bonchev–Trinajstić information content (AvgIpc) is 2.85. The molecule has 0 aliphatic carbocycles. The predicted molar refractivity (Wildman–Crippen MR) is 132 cm³/mol. The predicted octanol–water partition coefficient (Wildman–Crippen LogP) is 4.25. The number of amides is 1. The first-order valence-corrected chi connectivity index (χ1v) is 11.7. The van der Waals surface area contributed by atoms with E-state index in [0.29, 0.717) is 32.6 Å². The van der Waals surface area contributed by atoms with Crippen molar-refractivity contribution in [3.63, 3.8) is 0 Å². The Labute approximate surface area is 200 Å². The first-order valence-electron chi connectivity index (χ1n) is 11.3.